The molecule has 0 aliphatic carbocycles. The third-order valence-corrected chi connectivity index (χ3v) is 5.34. The van der Waals surface area contributed by atoms with Crippen LogP contribution in [0, 0.1) is 11.7 Å². The monoisotopic (exact) mass is 428 g/mol. The van der Waals surface area contributed by atoms with Crippen LogP contribution in [0.15, 0.2) is 42.5 Å². The van der Waals surface area contributed by atoms with E-state index in [1.165, 1.54) is 12.1 Å². The number of hydrogen-bond donors (Lipinski definition) is 3. The maximum absolute atomic E-state index is 13.8. The van der Waals surface area contributed by atoms with E-state index in [1.54, 1.807) is 31.4 Å². The summed E-state index contributed by atoms with van der Waals surface area (Å²) in [5, 5.41) is 8.00. The number of hydrogen-bond acceptors (Lipinski definition) is 4. The van der Waals surface area contributed by atoms with Crippen molar-refractivity contribution in [3.8, 4) is 0 Å². The Kier molecular flexibility index (Phi) is 7.83. The Hall–Kier alpha value is -3.13. The first-order chi connectivity index (χ1) is 15.0. The lowest BCUT2D eigenvalue weighted by Gasteiger charge is -2.33. The zero-order valence-electron chi connectivity index (χ0n) is 17.9. The van der Waals surface area contributed by atoms with E-state index in [0.29, 0.717) is 30.3 Å². The van der Waals surface area contributed by atoms with Gasteiger partial charge in [0.1, 0.15) is 5.82 Å². The summed E-state index contributed by atoms with van der Waals surface area (Å²) in [4.78, 5) is 27.4. The number of urea groups is 1. The summed E-state index contributed by atoms with van der Waals surface area (Å²) in [5.74, 6) is -0.0902. The summed E-state index contributed by atoms with van der Waals surface area (Å²) < 4.78 is 18.8. The fourth-order valence-corrected chi connectivity index (χ4v) is 3.53. The Labute approximate surface area is 182 Å². The molecule has 8 heteroatoms. The first-order valence-electron chi connectivity index (χ1n) is 10.5. The van der Waals surface area contributed by atoms with Crippen molar-refractivity contribution < 1.29 is 18.7 Å². The number of anilines is 3. The fourth-order valence-electron chi connectivity index (χ4n) is 3.53. The van der Waals surface area contributed by atoms with E-state index in [-0.39, 0.29) is 11.6 Å². The van der Waals surface area contributed by atoms with E-state index in [9.17, 15) is 14.0 Å². The predicted molar refractivity (Wildman–Crippen MR) is 120 cm³/mol. The number of amides is 3. The summed E-state index contributed by atoms with van der Waals surface area (Å²) in [5.41, 5.74) is 1.84. The number of ether oxygens (including phenoxy) is 1. The quantitative estimate of drug-likeness (QED) is 0.581. The lowest BCUT2D eigenvalue weighted by molar-refractivity contribution is 0.0937. The molecule has 7 nitrogen and oxygen atoms in total. The van der Waals surface area contributed by atoms with Crippen LogP contribution in [0.1, 0.15) is 30.1 Å². The Morgan fingerprint density at radius 2 is 1.87 bits per heavy atom. The third-order valence-electron chi connectivity index (χ3n) is 5.34. The van der Waals surface area contributed by atoms with Gasteiger partial charge in [-0.05, 0) is 49.1 Å². The molecule has 0 radical (unpaired) electrons. The number of piperidine rings is 1. The normalized spacial score (nSPS) is 14.2. The van der Waals surface area contributed by atoms with Crippen LogP contribution in [0.25, 0.3) is 0 Å². The largest absolute Gasteiger partial charge is 0.383 e. The standard InChI is InChI=1S/C23H29FN4O3/c1-16-9-12-28(13-10-16)21-8-7-17(15-18(21)22(29)25-11-14-31-2)26-23(30)27-20-6-4-3-5-19(20)24/h3-8,15-16H,9-14H2,1-2H3,(H,25,29)(H2,26,27,30). The van der Waals surface area contributed by atoms with E-state index >= 15 is 0 Å². The van der Waals surface area contributed by atoms with Crippen molar-refractivity contribution in [2.45, 2.75) is 19.8 Å². The van der Waals surface area contributed by atoms with Crippen LogP contribution in [0.4, 0.5) is 26.2 Å². The smallest absolute Gasteiger partial charge is 0.323 e. The summed E-state index contributed by atoms with van der Waals surface area (Å²) in [7, 11) is 1.57. The molecule has 0 bridgehead atoms. The molecule has 166 valence electrons. The molecule has 3 N–H and O–H groups in total. The van der Waals surface area contributed by atoms with Crippen molar-refractivity contribution in [1.29, 1.82) is 0 Å². The van der Waals surface area contributed by atoms with Crippen LogP contribution in [-0.2, 0) is 4.74 Å². The van der Waals surface area contributed by atoms with Crippen LogP contribution >= 0.6 is 0 Å². The number of rotatable bonds is 7. The molecule has 1 fully saturated rings. The minimum atomic E-state index is -0.588. The van der Waals surface area contributed by atoms with Crippen molar-refractivity contribution in [2.24, 2.45) is 5.92 Å². The van der Waals surface area contributed by atoms with Gasteiger partial charge in [0.15, 0.2) is 0 Å². The molecular weight excluding hydrogens is 399 g/mol. The number of nitrogens with one attached hydrogen (secondary N) is 3. The summed E-state index contributed by atoms with van der Waals surface area (Å²) in [6, 6.07) is 10.6. The van der Waals surface area contributed by atoms with Gasteiger partial charge in [0.05, 0.1) is 17.9 Å². The molecule has 1 heterocycles. The lowest BCUT2D eigenvalue weighted by Crippen LogP contribution is -2.35. The zero-order valence-corrected chi connectivity index (χ0v) is 17.9. The highest BCUT2D eigenvalue weighted by atomic mass is 19.1. The van der Waals surface area contributed by atoms with Crippen molar-refractivity contribution in [3.63, 3.8) is 0 Å². The van der Waals surface area contributed by atoms with Gasteiger partial charge >= 0.3 is 6.03 Å². The van der Waals surface area contributed by atoms with Gasteiger partial charge < -0.3 is 25.6 Å². The number of benzene rings is 2. The van der Waals surface area contributed by atoms with E-state index in [1.807, 2.05) is 6.07 Å². The Balaban J connectivity index is 1.77. The van der Waals surface area contributed by atoms with E-state index in [0.717, 1.165) is 31.6 Å². The molecule has 3 amide bonds. The maximum atomic E-state index is 13.8. The average molecular weight is 429 g/mol. The van der Waals surface area contributed by atoms with Crippen molar-refractivity contribution in [2.75, 3.05) is 48.9 Å². The van der Waals surface area contributed by atoms with E-state index in [2.05, 4.69) is 27.8 Å². The van der Waals surface area contributed by atoms with Gasteiger partial charge in [0.25, 0.3) is 5.91 Å². The number of para-hydroxylation sites is 1. The van der Waals surface area contributed by atoms with Crippen molar-refractivity contribution in [3.05, 3.63) is 53.8 Å². The molecule has 31 heavy (non-hydrogen) atoms. The summed E-state index contributed by atoms with van der Waals surface area (Å²) >= 11 is 0. The molecule has 0 aromatic heterocycles. The molecule has 0 saturated carbocycles. The van der Waals surface area contributed by atoms with Gasteiger partial charge in [-0.2, -0.15) is 0 Å². The second-order valence-corrected chi connectivity index (χ2v) is 7.71. The summed E-state index contributed by atoms with van der Waals surface area (Å²) in [6.45, 7) is 4.78. The van der Waals surface area contributed by atoms with Crippen LogP contribution in [-0.4, -0.2) is 45.3 Å². The minimum absolute atomic E-state index is 0.0802. The minimum Gasteiger partial charge on any atom is -0.383 e. The number of halogens is 1. The second kappa shape index (κ2) is 10.8. The molecular formula is C23H29FN4O3. The SMILES string of the molecule is COCCNC(=O)c1cc(NC(=O)Nc2ccccc2F)ccc1N1CCC(C)CC1. The molecule has 2 aromatic rings. The van der Waals surface area contributed by atoms with Gasteiger partial charge in [-0.25, -0.2) is 9.18 Å². The van der Waals surface area contributed by atoms with Gasteiger partial charge in [-0.15, -0.1) is 0 Å². The van der Waals surface area contributed by atoms with Gasteiger partial charge in [0, 0.05) is 38.1 Å². The number of nitrogens with zero attached hydrogens (tertiary/aromatic N) is 1. The van der Waals surface area contributed by atoms with E-state index < -0.39 is 11.8 Å². The topological polar surface area (TPSA) is 82.7 Å². The predicted octanol–water partition coefficient (Wildman–Crippen LogP) is 4.08. The van der Waals surface area contributed by atoms with Crippen molar-refractivity contribution in [1.82, 2.24) is 5.32 Å². The van der Waals surface area contributed by atoms with Gasteiger partial charge in [0.2, 0.25) is 0 Å². The molecule has 2 aromatic carbocycles. The van der Waals surface area contributed by atoms with Crippen molar-refractivity contribution >= 4 is 29.0 Å². The summed E-state index contributed by atoms with van der Waals surface area (Å²) in [6.07, 6.45) is 2.13. The molecule has 3 rings (SSSR count). The Bertz CT molecular complexity index is 913. The number of carbonyl (C=O) groups is 2. The molecule has 0 unspecified atom stereocenters. The maximum Gasteiger partial charge on any atom is 0.323 e. The first kappa shape index (κ1) is 22.6. The second-order valence-electron chi connectivity index (χ2n) is 7.71. The molecule has 1 saturated heterocycles. The fraction of sp³-hybridized carbons (Fsp3) is 0.391. The van der Waals surface area contributed by atoms with E-state index in [4.69, 9.17) is 4.74 Å². The first-order valence-corrected chi connectivity index (χ1v) is 10.5. The van der Waals surface area contributed by atoms with Crippen LogP contribution in [0.2, 0.25) is 0 Å². The third kappa shape index (κ3) is 6.18. The van der Waals surface area contributed by atoms with Crippen LogP contribution in [0.3, 0.4) is 0 Å². The van der Waals surface area contributed by atoms with Crippen LogP contribution in [0.5, 0.6) is 0 Å². The van der Waals surface area contributed by atoms with Crippen LogP contribution < -0.4 is 20.9 Å². The average Bonchev–Trinajstić information content (AvgIpc) is 2.76. The zero-order chi connectivity index (χ0) is 22.2. The Morgan fingerprint density at radius 3 is 2.58 bits per heavy atom. The van der Waals surface area contributed by atoms with Gasteiger partial charge in [-0.3, -0.25) is 4.79 Å². The lowest BCUT2D eigenvalue weighted by atomic mass is 9.98. The molecule has 0 atom stereocenters. The highest BCUT2D eigenvalue weighted by Crippen LogP contribution is 2.29. The molecule has 1 aliphatic heterocycles. The Morgan fingerprint density at radius 1 is 1.13 bits per heavy atom. The highest BCUT2D eigenvalue weighted by Gasteiger charge is 2.22. The number of methoxy groups -OCH3 is 1. The molecule has 0 spiro atoms. The molecule has 1 aliphatic rings. The highest BCUT2D eigenvalue weighted by molar-refractivity contribution is 6.04. The van der Waals surface area contributed by atoms with Gasteiger partial charge in [-0.1, -0.05) is 19.1 Å². The number of carbonyl (C=O) groups excluding carboxylic acids is 2.